The maximum Gasteiger partial charge on any atom is 0.340 e. The van der Waals surface area contributed by atoms with E-state index in [0.717, 1.165) is 33.7 Å². The molecule has 4 nitrogen and oxygen atoms in total. The van der Waals surface area contributed by atoms with Gasteiger partial charge in [-0.05, 0) is 42.8 Å². The molecule has 0 aliphatic carbocycles. The van der Waals surface area contributed by atoms with E-state index < -0.39 is 0 Å². The molecule has 0 aliphatic rings. The summed E-state index contributed by atoms with van der Waals surface area (Å²) in [6.45, 7) is 2.09. The molecule has 0 amide bonds. The third kappa shape index (κ3) is 4.33. The van der Waals surface area contributed by atoms with Gasteiger partial charge in [0.1, 0.15) is 5.75 Å². The van der Waals surface area contributed by atoms with Crippen LogP contribution in [-0.2, 0) is 4.74 Å². The van der Waals surface area contributed by atoms with E-state index in [2.05, 4.69) is 0 Å². The summed E-state index contributed by atoms with van der Waals surface area (Å²) in [5.74, 6) is 0.350. The molecule has 31 heavy (non-hydrogen) atoms. The molecule has 3 aromatic carbocycles. The summed E-state index contributed by atoms with van der Waals surface area (Å²) in [6, 6.07) is 29.3. The first-order valence-electron chi connectivity index (χ1n) is 10.2. The molecule has 0 atom stereocenters. The SMILES string of the molecule is CCOC(=O)c1c(-c2ccccc2)cc(-c2ccccc2)nc1-c1ccc(OC)cc1. The van der Waals surface area contributed by atoms with E-state index >= 15 is 0 Å². The monoisotopic (exact) mass is 409 g/mol. The molecule has 1 aromatic heterocycles. The molecule has 0 bridgehead atoms. The van der Waals surface area contributed by atoms with Crippen LogP contribution in [0.3, 0.4) is 0 Å². The zero-order chi connectivity index (χ0) is 21.6. The predicted molar refractivity (Wildman–Crippen MR) is 123 cm³/mol. The van der Waals surface area contributed by atoms with Gasteiger partial charge >= 0.3 is 5.97 Å². The Kier molecular flexibility index (Phi) is 6.08. The Bertz CT molecular complexity index is 1170. The van der Waals surface area contributed by atoms with Gasteiger partial charge in [0.25, 0.3) is 0 Å². The number of hydrogen-bond acceptors (Lipinski definition) is 4. The molecule has 0 saturated carbocycles. The summed E-state index contributed by atoms with van der Waals surface area (Å²) in [4.78, 5) is 18.0. The number of benzene rings is 3. The largest absolute Gasteiger partial charge is 0.497 e. The van der Waals surface area contributed by atoms with Crippen molar-refractivity contribution >= 4 is 5.97 Å². The highest BCUT2D eigenvalue weighted by Crippen LogP contribution is 2.36. The summed E-state index contributed by atoms with van der Waals surface area (Å²) >= 11 is 0. The Balaban J connectivity index is 2.02. The van der Waals surface area contributed by atoms with E-state index in [1.54, 1.807) is 14.0 Å². The third-order valence-electron chi connectivity index (χ3n) is 5.02. The van der Waals surface area contributed by atoms with Gasteiger partial charge in [-0.25, -0.2) is 9.78 Å². The second-order valence-corrected chi connectivity index (χ2v) is 6.96. The Labute approximate surface area is 182 Å². The summed E-state index contributed by atoms with van der Waals surface area (Å²) in [6.07, 6.45) is 0. The van der Waals surface area contributed by atoms with E-state index in [4.69, 9.17) is 14.5 Å². The van der Waals surface area contributed by atoms with E-state index in [1.165, 1.54) is 0 Å². The molecule has 0 saturated heterocycles. The fourth-order valence-corrected chi connectivity index (χ4v) is 3.51. The maximum absolute atomic E-state index is 13.1. The molecule has 0 unspecified atom stereocenters. The summed E-state index contributed by atoms with van der Waals surface area (Å²) in [5.41, 5.74) is 5.35. The van der Waals surface area contributed by atoms with E-state index in [-0.39, 0.29) is 12.6 Å². The van der Waals surface area contributed by atoms with Crippen LogP contribution < -0.4 is 4.74 Å². The van der Waals surface area contributed by atoms with Crippen LogP contribution in [0.25, 0.3) is 33.6 Å². The number of carbonyl (C=O) groups excluding carboxylic acids is 1. The van der Waals surface area contributed by atoms with Crippen molar-refractivity contribution in [1.29, 1.82) is 0 Å². The Morgan fingerprint density at radius 2 is 1.42 bits per heavy atom. The molecule has 154 valence electrons. The first-order valence-corrected chi connectivity index (χ1v) is 10.2. The number of hydrogen-bond donors (Lipinski definition) is 0. The molecule has 4 heteroatoms. The molecule has 4 rings (SSSR count). The highest BCUT2D eigenvalue weighted by Gasteiger charge is 2.23. The van der Waals surface area contributed by atoms with Crippen LogP contribution in [0, 0.1) is 0 Å². The molecule has 0 spiro atoms. The lowest BCUT2D eigenvalue weighted by Gasteiger charge is -2.16. The van der Waals surface area contributed by atoms with Crippen molar-refractivity contribution in [2.75, 3.05) is 13.7 Å². The Morgan fingerprint density at radius 3 is 2.00 bits per heavy atom. The van der Waals surface area contributed by atoms with Gasteiger partial charge in [-0.15, -0.1) is 0 Å². The maximum atomic E-state index is 13.1. The van der Waals surface area contributed by atoms with Gasteiger partial charge in [0.2, 0.25) is 0 Å². The van der Waals surface area contributed by atoms with E-state index in [1.807, 2.05) is 91.0 Å². The number of carbonyl (C=O) groups is 1. The quantitative estimate of drug-likeness (QED) is 0.352. The average Bonchev–Trinajstić information content (AvgIpc) is 2.84. The number of rotatable bonds is 6. The zero-order valence-corrected chi connectivity index (χ0v) is 17.5. The zero-order valence-electron chi connectivity index (χ0n) is 17.5. The second kappa shape index (κ2) is 9.26. The minimum atomic E-state index is -0.390. The summed E-state index contributed by atoms with van der Waals surface area (Å²) in [7, 11) is 1.63. The van der Waals surface area contributed by atoms with E-state index in [9.17, 15) is 4.79 Å². The molecule has 4 aromatic rings. The number of methoxy groups -OCH3 is 1. The Hall–Kier alpha value is -3.92. The van der Waals surface area contributed by atoms with Crippen LogP contribution in [0.5, 0.6) is 5.75 Å². The number of esters is 1. The van der Waals surface area contributed by atoms with Gasteiger partial charge in [-0.3, -0.25) is 0 Å². The highest BCUT2D eigenvalue weighted by atomic mass is 16.5. The Morgan fingerprint density at radius 1 is 0.806 bits per heavy atom. The fraction of sp³-hybridized carbons (Fsp3) is 0.111. The van der Waals surface area contributed by atoms with Crippen molar-refractivity contribution in [3.8, 4) is 39.4 Å². The molecule has 0 radical (unpaired) electrons. The lowest BCUT2D eigenvalue weighted by molar-refractivity contribution is 0.0528. The van der Waals surface area contributed by atoms with Crippen LogP contribution in [-0.4, -0.2) is 24.7 Å². The predicted octanol–water partition coefficient (Wildman–Crippen LogP) is 6.27. The van der Waals surface area contributed by atoms with Gasteiger partial charge in [-0.1, -0.05) is 60.7 Å². The minimum Gasteiger partial charge on any atom is -0.497 e. The van der Waals surface area contributed by atoms with E-state index in [0.29, 0.717) is 11.3 Å². The normalized spacial score (nSPS) is 10.5. The van der Waals surface area contributed by atoms with Gasteiger partial charge < -0.3 is 9.47 Å². The van der Waals surface area contributed by atoms with Crippen LogP contribution in [0.1, 0.15) is 17.3 Å². The topological polar surface area (TPSA) is 48.4 Å². The molecule has 0 fully saturated rings. The van der Waals surface area contributed by atoms with Crippen LogP contribution >= 0.6 is 0 Å². The molecule has 0 N–H and O–H groups in total. The number of pyridine rings is 1. The van der Waals surface area contributed by atoms with Gasteiger partial charge in [0.05, 0.1) is 30.7 Å². The fourth-order valence-electron chi connectivity index (χ4n) is 3.51. The minimum absolute atomic E-state index is 0.287. The van der Waals surface area contributed by atoms with Crippen molar-refractivity contribution in [2.24, 2.45) is 0 Å². The molecular formula is C27H23NO3. The van der Waals surface area contributed by atoms with Crippen molar-refractivity contribution in [3.63, 3.8) is 0 Å². The third-order valence-corrected chi connectivity index (χ3v) is 5.02. The van der Waals surface area contributed by atoms with Crippen LogP contribution in [0.15, 0.2) is 91.0 Å². The van der Waals surface area contributed by atoms with Crippen molar-refractivity contribution in [2.45, 2.75) is 6.92 Å². The first kappa shape index (κ1) is 20.4. The van der Waals surface area contributed by atoms with Gasteiger partial charge in [0, 0.05) is 16.7 Å². The van der Waals surface area contributed by atoms with Crippen molar-refractivity contribution < 1.29 is 14.3 Å². The molecule has 1 heterocycles. The van der Waals surface area contributed by atoms with Gasteiger partial charge in [-0.2, -0.15) is 0 Å². The summed E-state index contributed by atoms with van der Waals surface area (Å²) < 4.78 is 10.7. The molecule has 0 aliphatic heterocycles. The van der Waals surface area contributed by atoms with Gasteiger partial charge in [0.15, 0.2) is 0 Å². The second-order valence-electron chi connectivity index (χ2n) is 6.96. The van der Waals surface area contributed by atoms with Crippen LogP contribution in [0.4, 0.5) is 0 Å². The van der Waals surface area contributed by atoms with Crippen molar-refractivity contribution in [1.82, 2.24) is 4.98 Å². The lowest BCUT2D eigenvalue weighted by Crippen LogP contribution is -2.10. The summed E-state index contributed by atoms with van der Waals surface area (Å²) in [5, 5.41) is 0. The number of aromatic nitrogens is 1. The molecular weight excluding hydrogens is 386 g/mol. The lowest BCUT2D eigenvalue weighted by atomic mass is 9.93. The van der Waals surface area contributed by atoms with Crippen LogP contribution in [0.2, 0.25) is 0 Å². The smallest absolute Gasteiger partial charge is 0.340 e. The van der Waals surface area contributed by atoms with Crippen molar-refractivity contribution in [3.05, 3.63) is 96.6 Å². The number of nitrogens with zero attached hydrogens (tertiary/aromatic N) is 1. The average molecular weight is 409 g/mol. The standard InChI is InChI=1S/C27H23NO3/c1-3-31-27(29)25-23(19-10-6-4-7-11-19)18-24(20-12-8-5-9-13-20)28-26(25)21-14-16-22(30-2)17-15-21/h4-18H,3H2,1-2H3. The highest BCUT2D eigenvalue weighted by molar-refractivity contribution is 6.04. The number of ether oxygens (including phenoxy) is 2. The first-order chi connectivity index (χ1) is 15.2.